The number of rotatable bonds is 4. The molecule has 1 fully saturated rings. The zero-order valence-corrected chi connectivity index (χ0v) is 12.2. The number of nitrogens with two attached hydrogens (primary N) is 1. The standard InChI is InChI=1S/C15H22F3N3/c1-21(10-13-4-2-3-9-20-13)14(11-19)7-5-12(6-8-14)15(16,17)18/h2-4,9,12H,5-8,10-11,19H2,1H3. The Morgan fingerprint density at radius 1 is 1.33 bits per heavy atom. The molecule has 0 radical (unpaired) electrons. The molecule has 0 amide bonds. The van der Waals surface area contributed by atoms with Gasteiger partial charge in [-0.2, -0.15) is 13.2 Å². The third-order valence-corrected chi connectivity index (χ3v) is 4.69. The first-order chi connectivity index (χ1) is 9.87. The van der Waals surface area contributed by atoms with Crippen LogP contribution in [-0.2, 0) is 6.54 Å². The van der Waals surface area contributed by atoms with Gasteiger partial charge < -0.3 is 5.73 Å². The molecule has 0 unspecified atom stereocenters. The molecule has 0 saturated heterocycles. The average molecular weight is 301 g/mol. The number of hydrogen-bond acceptors (Lipinski definition) is 3. The van der Waals surface area contributed by atoms with Crippen LogP contribution in [0.3, 0.4) is 0 Å². The van der Waals surface area contributed by atoms with Gasteiger partial charge in [-0.15, -0.1) is 0 Å². The summed E-state index contributed by atoms with van der Waals surface area (Å²) in [5.74, 6) is -1.18. The van der Waals surface area contributed by atoms with Crippen molar-refractivity contribution >= 4 is 0 Å². The predicted molar refractivity (Wildman–Crippen MR) is 75.5 cm³/mol. The highest BCUT2D eigenvalue weighted by Gasteiger charge is 2.46. The quantitative estimate of drug-likeness (QED) is 0.929. The molecule has 0 aromatic carbocycles. The van der Waals surface area contributed by atoms with E-state index in [1.807, 2.05) is 25.2 Å². The zero-order chi connectivity index (χ0) is 15.5. The fourth-order valence-corrected chi connectivity index (χ4v) is 3.13. The fraction of sp³-hybridized carbons (Fsp3) is 0.667. The second kappa shape index (κ2) is 6.32. The van der Waals surface area contributed by atoms with Crippen molar-refractivity contribution < 1.29 is 13.2 Å². The fourth-order valence-electron chi connectivity index (χ4n) is 3.13. The van der Waals surface area contributed by atoms with Gasteiger partial charge in [-0.3, -0.25) is 9.88 Å². The minimum absolute atomic E-state index is 0.160. The number of halogens is 3. The van der Waals surface area contributed by atoms with E-state index >= 15 is 0 Å². The van der Waals surface area contributed by atoms with Crippen molar-refractivity contribution in [3.8, 4) is 0 Å². The second-order valence-corrected chi connectivity index (χ2v) is 5.92. The van der Waals surface area contributed by atoms with E-state index in [-0.39, 0.29) is 18.4 Å². The lowest BCUT2D eigenvalue weighted by molar-refractivity contribution is -0.188. The van der Waals surface area contributed by atoms with Crippen molar-refractivity contribution in [2.45, 2.75) is 43.9 Å². The van der Waals surface area contributed by atoms with Crippen LogP contribution in [-0.4, -0.2) is 35.2 Å². The highest BCUT2D eigenvalue weighted by molar-refractivity contribution is 5.05. The van der Waals surface area contributed by atoms with Crippen molar-refractivity contribution in [3.05, 3.63) is 30.1 Å². The van der Waals surface area contributed by atoms with Gasteiger partial charge in [-0.25, -0.2) is 0 Å². The average Bonchev–Trinajstić information content (AvgIpc) is 2.47. The van der Waals surface area contributed by atoms with E-state index in [4.69, 9.17) is 5.73 Å². The summed E-state index contributed by atoms with van der Waals surface area (Å²) in [4.78, 5) is 6.34. The number of pyridine rings is 1. The van der Waals surface area contributed by atoms with Gasteiger partial charge in [0.1, 0.15) is 0 Å². The van der Waals surface area contributed by atoms with Crippen molar-refractivity contribution in [3.63, 3.8) is 0 Å². The van der Waals surface area contributed by atoms with E-state index in [9.17, 15) is 13.2 Å². The van der Waals surface area contributed by atoms with Crippen LogP contribution in [0.5, 0.6) is 0 Å². The number of likely N-dealkylation sites (N-methyl/N-ethyl adjacent to an activating group) is 1. The summed E-state index contributed by atoms with van der Waals surface area (Å²) >= 11 is 0. The van der Waals surface area contributed by atoms with Gasteiger partial charge in [0.2, 0.25) is 0 Å². The summed E-state index contributed by atoms with van der Waals surface area (Å²) in [6.45, 7) is 0.982. The van der Waals surface area contributed by atoms with E-state index in [1.165, 1.54) is 0 Å². The van der Waals surface area contributed by atoms with Crippen LogP contribution in [0.1, 0.15) is 31.4 Å². The minimum Gasteiger partial charge on any atom is -0.329 e. The lowest BCUT2D eigenvalue weighted by Gasteiger charge is -2.46. The zero-order valence-electron chi connectivity index (χ0n) is 12.2. The molecule has 118 valence electrons. The van der Waals surface area contributed by atoms with Crippen LogP contribution >= 0.6 is 0 Å². The normalized spacial score (nSPS) is 27.0. The first kappa shape index (κ1) is 16.2. The van der Waals surface area contributed by atoms with E-state index in [0.717, 1.165) is 5.69 Å². The van der Waals surface area contributed by atoms with Crippen molar-refractivity contribution in [2.24, 2.45) is 11.7 Å². The Morgan fingerprint density at radius 2 is 2.00 bits per heavy atom. The van der Waals surface area contributed by atoms with Crippen LogP contribution < -0.4 is 5.73 Å². The lowest BCUT2D eigenvalue weighted by Crippen LogP contribution is -2.54. The third kappa shape index (κ3) is 3.74. The SMILES string of the molecule is CN(Cc1ccccn1)C1(CN)CCC(C(F)(F)F)CC1. The maximum Gasteiger partial charge on any atom is 0.391 e. The van der Waals surface area contributed by atoms with Crippen molar-refractivity contribution in [2.75, 3.05) is 13.6 Å². The smallest absolute Gasteiger partial charge is 0.329 e. The Hall–Kier alpha value is -1.14. The van der Waals surface area contributed by atoms with E-state index in [1.54, 1.807) is 6.20 Å². The van der Waals surface area contributed by atoms with Gasteiger partial charge in [0.05, 0.1) is 11.6 Å². The maximum atomic E-state index is 12.8. The highest BCUT2D eigenvalue weighted by atomic mass is 19.4. The second-order valence-electron chi connectivity index (χ2n) is 5.92. The van der Waals surface area contributed by atoms with Crippen LogP contribution in [0.15, 0.2) is 24.4 Å². The van der Waals surface area contributed by atoms with Gasteiger partial charge in [0, 0.05) is 24.8 Å². The Labute approximate surface area is 123 Å². The molecule has 0 aliphatic heterocycles. The molecule has 0 spiro atoms. The molecular formula is C15H22F3N3. The first-order valence-corrected chi connectivity index (χ1v) is 7.25. The Morgan fingerprint density at radius 3 is 2.48 bits per heavy atom. The molecule has 1 aromatic heterocycles. The van der Waals surface area contributed by atoms with Gasteiger partial charge in [0.15, 0.2) is 0 Å². The Balaban J connectivity index is 2.02. The third-order valence-electron chi connectivity index (χ3n) is 4.69. The molecule has 1 aliphatic rings. The summed E-state index contributed by atoms with van der Waals surface area (Å²) in [5.41, 5.74) is 6.46. The molecule has 1 heterocycles. The number of alkyl halides is 3. The van der Waals surface area contributed by atoms with Crippen LogP contribution in [0, 0.1) is 5.92 Å². The molecule has 1 aromatic rings. The summed E-state index contributed by atoms with van der Waals surface area (Å²) in [5, 5.41) is 0. The summed E-state index contributed by atoms with van der Waals surface area (Å²) in [6.07, 6.45) is -1.08. The minimum atomic E-state index is -4.08. The highest BCUT2D eigenvalue weighted by Crippen LogP contribution is 2.42. The van der Waals surface area contributed by atoms with E-state index < -0.39 is 12.1 Å². The molecule has 1 aliphatic carbocycles. The lowest BCUT2D eigenvalue weighted by atomic mass is 9.75. The van der Waals surface area contributed by atoms with Gasteiger partial charge in [0.25, 0.3) is 0 Å². The first-order valence-electron chi connectivity index (χ1n) is 7.25. The molecule has 0 bridgehead atoms. The summed E-state index contributed by atoms with van der Waals surface area (Å²) < 4.78 is 38.4. The number of hydrogen-bond donors (Lipinski definition) is 1. The molecular weight excluding hydrogens is 279 g/mol. The molecule has 6 heteroatoms. The molecule has 21 heavy (non-hydrogen) atoms. The molecule has 3 nitrogen and oxygen atoms in total. The predicted octanol–water partition coefficient (Wildman–Crippen LogP) is 2.96. The van der Waals surface area contributed by atoms with E-state index in [0.29, 0.717) is 25.9 Å². The number of nitrogens with zero attached hydrogens (tertiary/aromatic N) is 2. The Bertz CT molecular complexity index is 439. The maximum absolute atomic E-state index is 12.8. The monoisotopic (exact) mass is 301 g/mol. The van der Waals surface area contributed by atoms with Crippen LogP contribution in [0.25, 0.3) is 0 Å². The molecule has 1 saturated carbocycles. The molecule has 2 N–H and O–H groups in total. The summed E-state index contributed by atoms with van der Waals surface area (Å²) in [7, 11) is 1.93. The van der Waals surface area contributed by atoms with Crippen molar-refractivity contribution in [1.29, 1.82) is 0 Å². The number of aromatic nitrogens is 1. The van der Waals surface area contributed by atoms with Crippen LogP contribution in [0.2, 0.25) is 0 Å². The van der Waals surface area contributed by atoms with Gasteiger partial charge in [-0.1, -0.05) is 6.07 Å². The van der Waals surface area contributed by atoms with Crippen LogP contribution in [0.4, 0.5) is 13.2 Å². The van der Waals surface area contributed by atoms with E-state index in [2.05, 4.69) is 9.88 Å². The Kier molecular flexibility index (Phi) is 4.88. The van der Waals surface area contributed by atoms with Gasteiger partial charge >= 0.3 is 6.18 Å². The largest absolute Gasteiger partial charge is 0.391 e. The molecule has 2 rings (SSSR count). The van der Waals surface area contributed by atoms with Gasteiger partial charge in [-0.05, 0) is 44.9 Å². The van der Waals surface area contributed by atoms with Crippen molar-refractivity contribution in [1.82, 2.24) is 9.88 Å². The summed E-state index contributed by atoms with van der Waals surface area (Å²) in [6, 6.07) is 5.67. The topological polar surface area (TPSA) is 42.2 Å². The molecule has 0 atom stereocenters.